The van der Waals surface area contributed by atoms with Crippen molar-refractivity contribution in [3.63, 3.8) is 0 Å². The molecule has 76 valence electrons. The maximum absolute atomic E-state index is 10.5. The van der Waals surface area contributed by atoms with Crippen LogP contribution >= 0.6 is 11.6 Å². The van der Waals surface area contributed by atoms with Crippen molar-refractivity contribution >= 4 is 17.3 Å². The second-order valence-corrected chi connectivity index (χ2v) is 3.62. The molecule has 0 aliphatic heterocycles. The molecule has 1 aromatic carbocycles. The van der Waals surface area contributed by atoms with E-state index in [2.05, 4.69) is 0 Å². The van der Waals surface area contributed by atoms with Crippen LogP contribution < -0.4 is 5.73 Å². The lowest BCUT2D eigenvalue weighted by Gasteiger charge is -2.06. The first kappa shape index (κ1) is 10.9. The Hall–Kier alpha value is -1.13. The molecule has 0 heterocycles. The van der Waals surface area contributed by atoms with Crippen LogP contribution in [0.1, 0.15) is 12.5 Å². The average molecular weight is 215 g/mol. The number of hydrogen-bond acceptors (Lipinski definition) is 3. The highest BCUT2D eigenvalue weighted by Crippen LogP contribution is 2.22. The average Bonchev–Trinajstić information content (AvgIpc) is 2.07. The first-order valence-corrected chi connectivity index (χ1v) is 4.57. The molecule has 0 unspecified atom stereocenters. The first-order valence-electron chi connectivity index (χ1n) is 4.19. The van der Waals surface area contributed by atoms with Gasteiger partial charge in [0.2, 0.25) is 0 Å². The van der Waals surface area contributed by atoms with Crippen molar-refractivity contribution in [2.75, 3.05) is 0 Å². The van der Waals surface area contributed by atoms with Gasteiger partial charge in [0.1, 0.15) is 0 Å². The topological polar surface area (TPSA) is 69.2 Å². The highest BCUT2D eigenvalue weighted by Gasteiger charge is 2.10. The standard InChI is InChI=1S/C9H11ClN2O2/c1-6(11)4-7-5-8(12(13)14)2-3-9(7)10/h2-3,5-6H,4,11H2,1H3/t6-/m0/s1. The largest absolute Gasteiger partial charge is 0.328 e. The summed E-state index contributed by atoms with van der Waals surface area (Å²) >= 11 is 5.87. The summed E-state index contributed by atoms with van der Waals surface area (Å²) < 4.78 is 0. The van der Waals surface area contributed by atoms with E-state index in [1.54, 1.807) is 0 Å². The number of nitro benzene ring substituents is 1. The van der Waals surface area contributed by atoms with E-state index in [9.17, 15) is 10.1 Å². The van der Waals surface area contributed by atoms with E-state index >= 15 is 0 Å². The SMILES string of the molecule is C[C@H](N)Cc1cc([N+](=O)[O-])ccc1Cl. The molecule has 5 heteroatoms. The minimum absolute atomic E-state index is 0.0463. The number of nitrogens with two attached hydrogens (primary N) is 1. The van der Waals surface area contributed by atoms with E-state index < -0.39 is 4.92 Å². The van der Waals surface area contributed by atoms with E-state index in [-0.39, 0.29) is 11.7 Å². The predicted octanol–water partition coefficient (Wildman–Crippen LogP) is 2.14. The number of non-ortho nitro benzene ring substituents is 1. The van der Waals surface area contributed by atoms with Crippen LogP contribution in [0.3, 0.4) is 0 Å². The predicted molar refractivity (Wildman–Crippen MR) is 55.5 cm³/mol. The second-order valence-electron chi connectivity index (χ2n) is 3.21. The van der Waals surface area contributed by atoms with Crippen LogP contribution in [0.25, 0.3) is 0 Å². The fourth-order valence-corrected chi connectivity index (χ4v) is 1.37. The normalized spacial score (nSPS) is 12.5. The van der Waals surface area contributed by atoms with E-state index in [4.69, 9.17) is 17.3 Å². The Kier molecular flexibility index (Phi) is 3.43. The summed E-state index contributed by atoms with van der Waals surface area (Å²) in [5.74, 6) is 0. The maximum Gasteiger partial charge on any atom is 0.269 e. The minimum Gasteiger partial charge on any atom is -0.328 e. The fourth-order valence-electron chi connectivity index (χ4n) is 1.18. The van der Waals surface area contributed by atoms with Crippen molar-refractivity contribution in [2.45, 2.75) is 19.4 Å². The Morgan fingerprint density at radius 1 is 1.64 bits per heavy atom. The molecular formula is C9H11ClN2O2. The lowest BCUT2D eigenvalue weighted by molar-refractivity contribution is -0.384. The zero-order valence-electron chi connectivity index (χ0n) is 7.74. The Morgan fingerprint density at radius 2 is 2.29 bits per heavy atom. The minimum atomic E-state index is -0.443. The molecule has 0 aromatic heterocycles. The molecule has 0 aliphatic carbocycles. The van der Waals surface area contributed by atoms with Gasteiger partial charge < -0.3 is 5.73 Å². The Balaban J connectivity index is 3.02. The molecule has 0 spiro atoms. The van der Waals surface area contributed by atoms with Crippen molar-refractivity contribution in [3.05, 3.63) is 38.9 Å². The summed E-state index contributed by atoms with van der Waals surface area (Å²) in [6, 6.07) is 4.31. The van der Waals surface area contributed by atoms with Gasteiger partial charge in [-0.3, -0.25) is 10.1 Å². The number of nitro groups is 1. The van der Waals surface area contributed by atoms with Gasteiger partial charge in [0.15, 0.2) is 0 Å². The molecular weight excluding hydrogens is 204 g/mol. The summed E-state index contributed by atoms with van der Waals surface area (Å²) in [7, 11) is 0. The van der Waals surface area contributed by atoms with Gasteiger partial charge >= 0.3 is 0 Å². The van der Waals surface area contributed by atoms with Gasteiger partial charge in [-0.2, -0.15) is 0 Å². The van der Waals surface area contributed by atoms with Crippen LogP contribution in [0.15, 0.2) is 18.2 Å². The number of rotatable bonds is 3. The van der Waals surface area contributed by atoms with Gasteiger partial charge in [-0.1, -0.05) is 11.6 Å². The molecule has 0 saturated carbocycles. The molecule has 4 nitrogen and oxygen atoms in total. The molecule has 0 bridgehead atoms. The van der Waals surface area contributed by atoms with Crippen LogP contribution in [0.2, 0.25) is 5.02 Å². The number of hydrogen-bond donors (Lipinski definition) is 1. The Labute approximate surface area is 86.8 Å². The van der Waals surface area contributed by atoms with Crippen molar-refractivity contribution in [1.29, 1.82) is 0 Å². The van der Waals surface area contributed by atoms with Gasteiger partial charge in [0.25, 0.3) is 5.69 Å². The van der Waals surface area contributed by atoms with Gasteiger partial charge in [-0.05, 0) is 25.0 Å². The molecule has 1 aromatic rings. The van der Waals surface area contributed by atoms with E-state index in [0.717, 1.165) is 5.56 Å². The highest BCUT2D eigenvalue weighted by molar-refractivity contribution is 6.31. The van der Waals surface area contributed by atoms with Crippen molar-refractivity contribution in [2.24, 2.45) is 5.73 Å². The fraction of sp³-hybridized carbons (Fsp3) is 0.333. The van der Waals surface area contributed by atoms with Gasteiger partial charge in [-0.15, -0.1) is 0 Å². The molecule has 2 N–H and O–H groups in total. The van der Waals surface area contributed by atoms with Gasteiger partial charge in [0.05, 0.1) is 4.92 Å². The number of benzene rings is 1. The van der Waals surface area contributed by atoms with Crippen molar-refractivity contribution in [3.8, 4) is 0 Å². The molecule has 1 atom stereocenters. The van der Waals surface area contributed by atoms with Crippen LogP contribution in [0.4, 0.5) is 5.69 Å². The second kappa shape index (κ2) is 4.39. The van der Waals surface area contributed by atoms with Crippen LogP contribution in [-0.2, 0) is 6.42 Å². The van der Waals surface area contributed by atoms with E-state index in [0.29, 0.717) is 11.4 Å². The third kappa shape index (κ3) is 2.68. The highest BCUT2D eigenvalue weighted by atomic mass is 35.5. The van der Waals surface area contributed by atoms with Gasteiger partial charge in [0, 0.05) is 23.2 Å². The van der Waals surface area contributed by atoms with Crippen molar-refractivity contribution < 1.29 is 4.92 Å². The third-order valence-electron chi connectivity index (χ3n) is 1.78. The van der Waals surface area contributed by atoms with Crippen LogP contribution in [-0.4, -0.2) is 11.0 Å². The quantitative estimate of drug-likeness (QED) is 0.619. The zero-order valence-corrected chi connectivity index (χ0v) is 8.49. The lowest BCUT2D eigenvalue weighted by atomic mass is 10.1. The zero-order chi connectivity index (χ0) is 10.7. The Bertz CT molecular complexity index is 353. The summed E-state index contributed by atoms with van der Waals surface area (Å²) in [5.41, 5.74) is 6.36. The monoisotopic (exact) mass is 214 g/mol. The molecule has 0 aliphatic rings. The molecule has 1 rings (SSSR count). The first-order chi connectivity index (χ1) is 6.50. The van der Waals surface area contributed by atoms with Crippen molar-refractivity contribution in [1.82, 2.24) is 0 Å². The molecule has 0 radical (unpaired) electrons. The summed E-state index contributed by atoms with van der Waals surface area (Å²) in [6.07, 6.45) is 0.542. The molecule has 0 saturated heterocycles. The Morgan fingerprint density at radius 3 is 2.79 bits per heavy atom. The smallest absolute Gasteiger partial charge is 0.269 e. The maximum atomic E-state index is 10.5. The molecule has 0 fully saturated rings. The lowest BCUT2D eigenvalue weighted by Crippen LogP contribution is -2.18. The third-order valence-corrected chi connectivity index (χ3v) is 2.15. The summed E-state index contributed by atoms with van der Waals surface area (Å²) in [5, 5.41) is 11.0. The summed E-state index contributed by atoms with van der Waals surface area (Å²) in [4.78, 5) is 10.0. The number of nitrogens with zero attached hydrogens (tertiary/aromatic N) is 1. The number of halogens is 1. The summed E-state index contributed by atoms with van der Waals surface area (Å²) in [6.45, 7) is 1.83. The molecule has 0 amide bonds. The van der Waals surface area contributed by atoms with Gasteiger partial charge in [-0.25, -0.2) is 0 Å². The molecule has 14 heavy (non-hydrogen) atoms. The van der Waals surface area contributed by atoms with Crippen LogP contribution in [0, 0.1) is 10.1 Å². The van der Waals surface area contributed by atoms with Crippen LogP contribution in [0.5, 0.6) is 0 Å². The van der Waals surface area contributed by atoms with E-state index in [1.165, 1.54) is 18.2 Å². The van der Waals surface area contributed by atoms with E-state index in [1.807, 2.05) is 6.92 Å².